The van der Waals surface area contributed by atoms with E-state index in [1.807, 2.05) is 6.20 Å². The minimum atomic E-state index is 0.666. The molecule has 0 aliphatic carbocycles. The summed E-state index contributed by atoms with van der Waals surface area (Å²) in [6.07, 6.45) is 2.93. The summed E-state index contributed by atoms with van der Waals surface area (Å²) in [6, 6.07) is 0. The summed E-state index contributed by atoms with van der Waals surface area (Å²) in [4.78, 5) is 15.0. The average molecular weight is 323 g/mol. The molecule has 0 atom stereocenters. The second-order valence-electron chi connectivity index (χ2n) is 5.30. The zero-order chi connectivity index (χ0) is 14.7. The lowest BCUT2D eigenvalue weighted by Crippen LogP contribution is -2.45. The van der Waals surface area contributed by atoms with E-state index in [0.717, 1.165) is 45.7 Å². The highest BCUT2D eigenvalue weighted by Crippen LogP contribution is 2.18. The van der Waals surface area contributed by atoms with Crippen molar-refractivity contribution in [3.8, 4) is 0 Å². The maximum atomic E-state index is 5.68. The van der Waals surface area contributed by atoms with Gasteiger partial charge in [-0.05, 0) is 6.42 Å². The third kappa shape index (κ3) is 4.00. The second-order valence-corrected chi connectivity index (χ2v) is 7.39. The summed E-state index contributed by atoms with van der Waals surface area (Å²) in [5.41, 5.74) is 6.90. The fraction of sp³-hybridized carbons (Fsp3) is 0.571. The van der Waals surface area contributed by atoms with Gasteiger partial charge < -0.3 is 5.73 Å². The minimum absolute atomic E-state index is 0.666. The van der Waals surface area contributed by atoms with Gasteiger partial charge in [-0.15, -0.1) is 22.7 Å². The van der Waals surface area contributed by atoms with E-state index >= 15 is 0 Å². The lowest BCUT2D eigenvalue weighted by molar-refractivity contribution is 0.122. The second kappa shape index (κ2) is 6.83. The Morgan fingerprint density at radius 3 is 2.48 bits per heavy atom. The van der Waals surface area contributed by atoms with Gasteiger partial charge in [0.2, 0.25) is 0 Å². The number of hydrogen-bond acceptors (Lipinski definition) is 7. The highest BCUT2D eigenvalue weighted by atomic mass is 32.1. The molecule has 3 rings (SSSR count). The Morgan fingerprint density at radius 2 is 1.90 bits per heavy atom. The number of aromatic nitrogens is 2. The summed E-state index contributed by atoms with van der Waals surface area (Å²) in [7, 11) is 0. The predicted octanol–water partition coefficient (Wildman–Crippen LogP) is 2.06. The first-order valence-corrected chi connectivity index (χ1v) is 9.00. The SMILES string of the molecule is CCc1nc(CN2CCN(Cc3cnc(N)s3)CC2)cs1. The molecule has 0 aromatic carbocycles. The zero-order valence-corrected chi connectivity index (χ0v) is 13.9. The van der Waals surface area contributed by atoms with Crippen LogP contribution in [0.25, 0.3) is 0 Å². The third-order valence-electron chi connectivity index (χ3n) is 3.70. The minimum Gasteiger partial charge on any atom is -0.375 e. The molecule has 2 aromatic heterocycles. The van der Waals surface area contributed by atoms with Gasteiger partial charge in [0, 0.05) is 55.7 Å². The van der Waals surface area contributed by atoms with E-state index in [0.29, 0.717) is 5.13 Å². The fourth-order valence-corrected chi connectivity index (χ4v) is 4.00. The zero-order valence-electron chi connectivity index (χ0n) is 12.3. The maximum absolute atomic E-state index is 5.68. The molecular weight excluding hydrogens is 302 g/mol. The Kier molecular flexibility index (Phi) is 4.84. The summed E-state index contributed by atoms with van der Waals surface area (Å²) < 4.78 is 0. The van der Waals surface area contributed by atoms with Crippen LogP contribution in [-0.2, 0) is 19.5 Å². The van der Waals surface area contributed by atoms with Crippen molar-refractivity contribution in [2.45, 2.75) is 26.4 Å². The van der Waals surface area contributed by atoms with Gasteiger partial charge in [-0.2, -0.15) is 0 Å². The number of nitrogens with zero attached hydrogens (tertiary/aromatic N) is 4. The van der Waals surface area contributed by atoms with Gasteiger partial charge >= 0.3 is 0 Å². The van der Waals surface area contributed by atoms with Gasteiger partial charge in [-0.25, -0.2) is 9.97 Å². The van der Waals surface area contributed by atoms with Crippen molar-refractivity contribution < 1.29 is 0 Å². The topological polar surface area (TPSA) is 58.3 Å². The van der Waals surface area contributed by atoms with E-state index in [2.05, 4.69) is 32.1 Å². The normalized spacial score (nSPS) is 17.4. The van der Waals surface area contributed by atoms with Crippen LogP contribution in [0.5, 0.6) is 0 Å². The number of nitrogens with two attached hydrogens (primary N) is 1. The number of nitrogen functional groups attached to an aromatic ring is 1. The molecule has 0 radical (unpaired) electrons. The highest BCUT2D eigenvalue weighted by molar-refractivity contribution is 7.15. The molecule has 3 heterocycles. The van der Waals surface area contributed by atoms with Crippen molar-refractivity contribution in [3.63, 3.8) is 0 Å². The van der Waals surface area contributed by atoms with Crippen molar-refractivity contribution in [3.05, 3.63) is 27.2 Å². The Bertz CT molecular complexity index is 571. The third-order valence-corrected chi connectivity index (χ3v) is 5.56. The molecule has 0 saturated carbocycles. The number of anilines is 1. The van der Waals surface area contributed by atoms with E-state index in [9.17, 15) is 0 Å². The molecule has 7 heteroatoms. The molecule has 21 heavy (non-hydrogen) atoms. The smallest absolute Gasteiger partial charge is 0.180 e. The van der Waals surface area contributed by atoms with Crippen molar-refractivity contribution >= 4 is 27.8 Å². The summed E-state index contributed by atoms with van der Waals surface area (Å²) in [5, 5.41) is 4.11. The number of piperazine rings is 1. The average Bonchev–Trinajstić information content (AvgIpc) is 3.10. The molecule has 114 valence electrons. The van der Waals surface area contributed by atoms with Crippen molar-refractivity contribution in [2.24, 2.45) is 0 Å². The summed E-state index contributed by atoms with van der Waals surface area (Å²) >= 11 is 3.37. The molecule has 5 nitrogen and oxygen atoms in total. The Balaban J connectivity index is 1.46. The molecule has 0 spiro atoms. The van der Waals surface area contributed by atoms with E-state index in [4.69, 9.17) is 5.73 Å². The van der Waals surface area contributed by atoms with Crippen LogP contribution in [0.3, 0.4) is 0 Å². The quantitative estimate of drug-likeness (QED) is 0.913. The van der Waals surface area contributed by atoms with Crippen LogP contribution < -0.4 is 5.73 Å². The molecular formula is C14H21N5S2. The summed E-state index contributed by atoms with van der Waals surface area (Å²) in [6.45, 7) is 8.52. The number of thiazole rings is 2. The van der Waals surface area contributed by atoms with Gasteiger partial charge in [0.05, 0.1) is 10.7 Å². The van der Waals surface area contributed by atoms with Crippen molar-refractivity contribution in [1.29, 1.82) is 0 Å². The Morgan fingerprint density at radius 1 is 1.19 bits per heavy atom. The van der Waals surface area contributed by atoms with Gasteiger partial charge in [0.25, 0.3) is 0 Å². The van der Waals surface area contributed by atoms with E-state index < -0.39 is 0 Å². The standard InChI is InChI=1S/C14H21N5S2/c1-2-13-17-11(10-20-13)8-18-3-5-19(6-4-18)9-12-7-16-14(15)21-12/h7,10H,2-6,8-9H2,1H3,(H2,15,16). The van der Waals surface area contributed by atoms with Crippen LogP contribution in [0.4, 0.5) is 5.13 Å². The molecule has 1 fully saturated rings. The van der Waals surface area contributed by atoms with E-state index in [-0.39, 0.29) is 0 Å². The van der Waals surface area contributed by atoms with Crippen LogP contribution >= 0.6 is 22.7 Å². The van der Waals surface area contributed by atoms with Crippen LogP contribution in [0.2, 0.25) is 0 Å². The van der Waals surface area contributed by atoms with Crippen LogP contribution in [0, 0.1) is 0 Å². The molecule has 1 aliphatic heterocycles. The first-order valence-electron chi connectivity index (χ1n) is 7.31. The van der Waals surface area contributed by atoms with Crippen molar-refractivity contribution in [2.75, 3.05) is 31.9 Å². The molecule has 0 unspecified atom stereocenters. The number of rotatable bonds is 5. The van der Waals surface area contributed by atoms with E-state index in [1.165, 1.54) is 15.6 Å². The van der Waals surface area contributed by atoms with Crippen molar-refractivity contribution in [1.82, 2.24) is 19.8 Å². The Labute approximate surface area is 133 Å². The molecule has 0 bridgehead atoms. The number of hydrogen-bond donors (Lipinski definition) is 1. The van der Waals surface area contributed by atoms with E-state index in [1.54, 1.807) is 22.7 Å². The monoisotopic (exact) mass is 323 g/mol. The van der Waals surface area contributed by atoms with Gasteiger partial charge in [0.15, 0.2) is 5.13 Å². The molecule has 1 aliphatic rings. The largest absolute Gasteiger partial charge is 0.375 e. The lowest BCUT2D eigenvalue weighted by atomic mass is 10.3. The maximum Gasteiger partial charge on any atom is 0.180 e. The first-order chi connectivity index (χ1) is 10.2. The van der Waals surface area contributed by atoms with Gasteiger partial charge in [0.1, 0.15) is 0 Å². The summed E-state index contributed by atoms with van der Waals surface area (Å²) in [5.74, 6) is 0. The fourth-order valence-electron chi connectivity index (χ4n) is 2.53. The lowest BCUT2D eigenvalue weighted by Gasteiger charge is -2.33. The van der Waals surface area contributed by atoms with Gasteiger partial charge in [-0.1, -0.05) is 6.92 Å². The molecule has 2 N–H and O–H groups in total. The molecule has 1 saturated heterocycles. The van der Waals surface area contributed by atoms with Crippen LogP contribution in [0.15, 0.2) is 11.6 Å². The highest BCUT2D eigenvalue weighted by Gasteiger charge is 2.18. The predicted molar refractivity (Wildman–Crippen MR) is 88.6 cm³/mol. The molecule has 2 aromatic rings. The number of aryl methyl sites for hydroxylation is 1. The first kappa shape index (κ1) is 14.9. The van der Waals surface area contributed by atoms with Crippen LogP contribution in [0.1, 0.15) is 22.5 Å². The molecule has 0 amide bonds. The van der Waals surface area contributed by atoms with Gasteiger partial charge in [-0.3, -0.25) is 9.80 Å². The Hall–Kier alpha value is -1.02. The van der Waals surface area contributed by atoms with Crippen LogP contribution in [-0.4, -0.2) is 45.9 Å².